The van der Waals surface area contributed by atoms with Gasteiger partial charge in [-0.05, 0) is 32.1 Å². The average Bonchev–Trinajstić information content (AvgIpc) is 3.15. The Bertz CT molecular complexity index is 551. The van der Waals surface area contributed by atoms with Crippen LogP contribution in [0.4, 0.5) is 0 Å². The van der Waals surface area contributed by atoms with Crippen molar-refractivity contribution in [1.29, 1.82) is 0 Å². The number of fused-ring (bicyclic) bond motifs is 2. The van der Waals surface area contributed by atoms with Crippen LogP contribution in [0.15, 0.2) is 0 Å². The molecule has 3 rings (SSSR count). The van der Waals surface area contributed by atoms with Gasteiger partial charge in [-0.25, -0.2) is 0 Å². The van der Waals surface area contributed by atoms with E-state index in [-0.39, 0.29) is 30.1 Å². The van der Waals surface area contributed by atoms with E-state index in [0.29, 0.717) is 13.1 Å². The molecule has 0 saturated carbocycles. The van der Waals surface area contributed by atoms with Gasteiger partial charge in [0.05, 0.1) is 18.1 Å². The summed E-state index contributed by atoms with van der Waals surface area (Å²) in [6.45, 7) is 0.915. The van der Waals surface area contributed by atoms with Crippen LogP contribution in [0, 0.1) is 5.92 Å². The molecule has 4 atom stereocenters. The van der Waals surface area contributed by atoms with Crippen LogP contribution in [0.3, 0.4) is 0 Å². The van der Waals surface area contributed by atoms with Gasteiger partial charge in [-0.3, -0.25) is 4.79 Å². The Morgan fingerprint density at radius 2 is 2.04 bits per heavy atom. The third-order valence-electron chi connectivity index (χ3n) is 5.29. The summed E-state index contributed by atoms with van der Waals surface area (Å²) in [4.78, 5) is 12.4. The second-order valence-corrected chi connectivity index (χ2v) is 9.11. The number of rotatable bonds is 5. The van der Waals surface area contributed by atoms with E-state index in [0.717, 1.165) is 38.5 Å². The standard InChI is InChI=1S/C15H27N3O4S/c1-17(2)23(20,21)18-8-4-3-5-11(18)10-16-15(19)13-9-12-6-7-14(13)22-12/h11-14H,3-10H2,1-2H3,(H,16,19). The molecule has 0 aromatic heterocycles. The summed E-state index contributed by atoms with van der Waals surface area (Å²) in [6, 6.07) is -0.153. The van der Waals surface area contributed by atoms with Crippen molar-refractivity contribution in [2.45, 2.75) is 56.8 Å². The van der Waals surface area contributed by atoms with Gasteiger partial charge in [0.1, 0.15) is 0 Å². The zero-order chi connectivity index (χ0) is 16.6. The number of carbonyl (C=O) groups is 1. The van der Waals surface area contributed by atoms with E-state index < -0.39 is 10.2 Å². The van der Waals surface area contributed by atoms with Crippen LogP contribution >= 0.6 is 0 Å². The van der Waals surface area contributed by atoms with E-state index in [9.17, 15) is 13.2 Å². The Kier molecular flexibility index (Phi) is 4.96. The molecular weight excluding hydrogens is 318 g/mol. The molecule has 2 bridgehead atoms. The molecule has 1 amide bonds. The fraction of sp³-hybridized carbons (Fsp3) is 0.933. The molecule has 23 heavy (non-hydrogen) atoms. The van der Waals surface area contributed by atoms with Crippen molar-refractivity contribution in [1.82, 2.24) is 13.9 Å². The number of piperidine rings is 1. The lowest BCUT2D eigenvalue weighted by molar-refractivity contribution is -0.126. The number of hydrogen-bond donors (Lipinski definition) is 1. The third-order valence-corrected chi connectivity index (χ3v) is 7.28. The monoisotopic (exact) mass is 345 g/mol. The van der Waals surface area contributed by atoms with Gasteiger partial charge in [0, 0.05) is 33.2 Å². The summed E-state index contributed by atoms with van der Waals surface area (Å²) >= 11 is 0. The minimum absolute atomic E-state index is 0.0185. The molecule has 1 N–H and O–H groups in total. The Labute approximate surface area is 138 Å². The lowest BCUT2D eigenvalue weighted by atomic mass is 9.88. The van der Waals surface area contributed by atoms with Crippen molar-refractivity contribution in [3.63, 3.8) is 0 Å². The van der Waals surface area contributed by atoms with Crippen molar-refractivity contribution >= 4 is 16.1 Å². The highest BCUT2D eigenvalue weighted by Gasteiger charge is 2.44. The molecule has 132 valence electrons. The first kappa shape index (κ1) is 17.1. The topological polar surface area (TPSA) is 79.0 Å². The summed E-state index contributed by atoms with van der Waals surface area (Å²) in [5.74, 6) is -0.0405. The van der Waals surface area contributed by atoms with Crippen molar-refractivity contribution in [2.75, 3.05) is 27.2 Å². The van der Waals surface area contributed by atoms with Gasteiger partial charge in [-0.15, -0.1) is 0 Å². The molecule has 4 unspecified atom stereocenters. The average molecular weight is 345 g/mol. The van der Waals surface area contributed by atoms with Crippen LogP contribution in [0.2, 0.25) is 0 Å². The van der Waals surface area contributed by atoms with Gasteiger partial charge in [-0.2, -0.15) is 17.0 Å². The molecule has 0 aliphatic carbocycles. The zero-order valence-electron chi connectivity index (χ0n) is 13.9. The van der Waals surface area contributed by atoms with E-state index >= 15 is 0 Å². The van der Waals surface area contributed by atoms with Crippen LogP contribution in [-0.2, 0) is 19.7 Å². The van der Waals surface area contributed by atoms with Gasteiger partial charge < -0.3 is 10.1 Å². The van der Waals surface area contributed by atoms with Crippen molar-refractivity contribution < 1.29 is 17.9 Å². The van der Waals surface area contributed by atoms with Crippen LogP contribution in [0.1, 0.15) is 38.5 Å². The highest BCUT2D eigenvalue weighted by molar-refractivity contribution is 7.86. The van der Waals surface area contributed by atoms with Gasteiger partial charge in [-0.1, -0.05) is 6.42 Å². The van der Waals surface area contributed by atoms with Crippen molar-refractivity contribution in [3.8, 4) is 0 Å². The molecule has 3 heterocycles. The predicted molar refractivity (Wildman–Crippen MR) is 86.0 cm³/mol. The summed E-state index contributed by atoms with van der Waals surface area (Å²) in [6.07, 6.45) is 5.80. The van der Waals surface area contributed by atoms with E-state index in [1.54, 1.807) is 14.1 Å². The molecule has 3 aliphatic heterocycles. The molecule has 7 nitrogen and oxygen atoms in total. The number of hydrogen-bond acceptors (Lipinski definition) is 4. The summed E-state index contributed by atoms with van der Waals surface area (Å²) < 4.78 is 33.4. The third kappa shape index (κ3) is 3.40. The maximum atomic E-state index is 12.4. The Balaban J connectivity index is 1.58. The summed E-state index contributed by atoms with van der Waals surface area (Å²) in [5, 5.41) is 2.98. The highest BCUT2D eigenvalue weighted by atomic mass is 32.2. The van der Waals surface area contributed by atoms with Gasteiger partial charge in [0.25, 0.3) is 10.2 Å². The number of ether oxygens (including phenoxy) is 1. The smallest absolute Gasteiger partial charge is 0.281 e. The SMILES string of the molecule is CN(C)S(=O)(=O)N1CCCCC1CNC(=O)C1CC2CCC1O2. The lowest BCUT2D eigenvalue weighted by Gasteiger charge is -2.36. The van der Waals surface area contributed by atoms with Gasteiger partial charge in [0.15, 0.2) is 0 Å². The number of carbonyl (C=O) groups excluding carboxylic acids is 1. The predicted octanol–water partition coefficient (Wildman–Crippen LogP) is 0.331. The first-order valence-corrected chi connectivity index (χ1v) is 9.91. The second-order valence-electron chi connectivity index (χ2n) is 7.01. The first-order chi connectivity index (χ1) is 10.9. The van der Waals surface area contributed by atoms with Gasteiger partial charge >= 0.3 is 0 Å². The van der Waals surface area contributed by atoms with E-state index in [2.05, 4.69) is 5.32 Å². The number of nitrogens with one attached hydrogen (secondary N) is 1. The summed E-state index contributed by atoms with van der Waals surface area (Å²) in [5.41, 5.74) is 0. The Morgan fingerprint density at radius 1 is 1.26 bits per heavy atom. The molecular formula is C15H27N3O4S. The number of nitrogens with zero attached hydrogens (tertiary/aromatic N) is 2. The van der Waals surface area contributed by atoms with Crippen LogP contribution in [-0.4, -0.2) is 68.4 Å². The fourth-order valence-electron chi connectivity index (χ4n) is 3.95. The van der Waals surface area contributed by atoms with Gasteiger partial charge in [0.2, 0.25) is 5.91 Å². The minimum atomic E-state index is -3.43. The van der Waals surface area contributed by atoms with E-state index in [1.165, 1.54) is 8.61 Å². The van der Waals surface area contributed by atoms with E-state index in [1.807, 2.05) is 0 Å². The number of amides is 1. The molecule has 8 heteroatoms. The molecule has 0 aromatic rings. The Hall–Kier alpha value is -0.700. The van der Waals surface area contributed by atoms with Crippen molar-refractivity contribution in [3.05, 3.63) is 0 Å². The largest absolute Gasteiger partial charge is 0.374 e. The van der Waals surface area contributed by atoms with Crippen LogP contribution in [0.25, 0.3) is 0 Å². The van der Waals surface area contributed by atoms with Crippen LogP contribution < -0.4 is 5.32 Å². The normalized spacial score (nSPS) is 34.9. The molecule has 0 aromatic carbocycles. The zero-order valence-corrected chi connectivity index (χ0v) is 14.7. The molecule has 3 aliphatic rings. The fourth-order valence-corrected chi connectivity index (χ4v) is 5.29. The Morgan fingerprint density at radius 3 is 2.65 bits per heavy atom. The van der Waals surface area contributed by atoms with Crippen molar-refractivity contribution in [2.24, 2.45) is 5.92 Å². The molecule has 3 saturated heterocycles. The molecule has 3 fully saturated rings. The maximum absolute atomic E-state index is 12.4. The first-order valence-electron chi connectivity index (χ1n) is 8.52. The van der Waals surface area contributed by atoms with Crippen LogP contribution in [0.5, 0.6) is 0 Å². The minimum Gasteiger partial charge on any atom is -0.374 e. The maximum Gasteiger partial charge on any atom is 0.281 e. The summed E-state index contributed by atoms with van der Waals surface area (Å²) in [7, 11) is -0.338. The lowest BCUT2D eigenvalue weighted by Crippen LogP contribution is -2.53. The highest BCUT2D eigenvalue weighted by Crippen LogP contribution is 2.38. The molecule has 0 spiro atoms. The second kappa shape index (κ2) is 6.66. The van der Waals surface area contributed by atoms with E-state index in [4.69, 9.17) is 4.74 Å². The quantitative estimate of drug-likeness (QED) is 0.779. The molecule has 0 radical (unpaired) electrons.